The molecule has 0 spiro atoms. The van der Waals surface area contributed by atoms with E-state index in [0.29, 0.717) is 95.3 Å². The number of rotatable bonds is 14. The van der Waals surface area contributed by atoms with Gasteiger partial charge < -0.3 is 18.9 Å². The summed E-state index contributed by atoms with van der Waals surface area (Å²) in [6.07, 6.45) is 11.0. The van der Waals surface area contributed by atoms with E-state index < -0.39 is 0 Å². The third kappa shape index (κ3) is 6.58. The first kappa shape index (κ1) is 40.0. The van der Waals surface area contributed by atoms with Gasteiger partial charge in [0.2, 0.25) is 0 Å². The van der Waals surface area contributed by atoms with E-state index >= 15 is 0 Å². The van der Waals surface area contributed by atoms with Crippen molar-refractivity contribution in [3.8, 4) is 11.5 Å². The van der Waals surface area contributed by atoms with Crippen molar-refractivity contribution >= 4 is 120 Å². The van der Waals surface area contributed by atoms with Crippen LogP contribution < -0.4 is 9.47 Å². The zero-order valence-electron chi connectivity index (χ0n) is 36.7. The number of hydrogen-bond donors (Lipinski definition) is 0. The minimum Gasteiger partial charge on any atom is -0.491 e. The zero-order valence-corrected chi connectivity index (χ0v) is 36.7. The lowest BCUT2D eigenvalue weighted by Gasteiger charge is -2.20. The molecule has 0 aliphatic carbocycles. The quantitative estimate of drug-likeness (QED) is 0.0583. The average molecular weight is 869 g/mol. The van der Waals surface area contributed by atoms with Gasteiger partial charge in [0, 0.05) is 81.1 Å². The van der Waals surface area contributed by atoms with Crippen molar-refractivity contribution in [2.45, 2.75) is 39.5 Å². The van der Waals surface area contributed by atoms with Crippen molar-refractivity contribution in [2.24, 2.45) is 0 Å². The number of nitrogens with zero attached hydrogens (tertiary/aromatic N) is 8. The molecular formula is C54H44N8O4. The molecule has 12 rings (SSSR count). The number of aromatic nitrogens is 8. The van der Waals surface area contributed by atoms with Crippen LogP contribution in [0.2, 0.25) is 0 Å². The summed E-state index contributed by atoms with van der Waals surface area (Å²) in [6.45, 7) is 7.31. The Bertz CT molecular complexity index is 3650. The highest BCUT2D eigenvalue weighted by molar-refractivity contribution is 6.41. The van der Waals surface area contributed by atoms with Crippen LogP contribution in [0.4, 0.5) is 0 Å². The maximum Gasteiger partial charge on any atom is 0.127 e. The van der Waals surface area contributed by atoms with Crippen molar-refractivity contribution in [3.63, 3.8) is 0 Å². The predicted molar refractivity (Wildman–Crippen MR) is 264 cm³/mol. The third-order valence-corrected chi connectivity index (χ3v) is 12.5. The summed E-state index contributed by atoms with van der Waals surface area (Å²) in [4.78, 5) is 41.2. The van der Waals surface area contributed by atoms with E-state index in [1.54, 1.807) is 24.8 Å². The fourth-order valence-corrected chi connectivity index (χ4v) is 9.50. The van der Waals surface area contributed by atoms with Gasteiger partial charge in [-0.25, -0.2) is 19.9 Å². The van der Waals surface area contributed by atoms with Crippen LogP contribution in [0.3, 0.4) is 0 Å². The number of para-hydroxylation sites is 4. The Morgan fingerprint density at radius 2 is 0.773 bits per heavy atom. The number of unbranched alkanes of at least 4 members (excludes halogenated alkanes) is 2. The molecule has 66 heavy (non-hydrogen) atoms. The Hall–Kier alpha value is -7.54. The maximum absolute atomic E-state index is 6.79. The standard InChI is InChI=1S/C54H44N8O4/c1-3-5-23-63-25-27-65-40-29-34-45(49-53(51-47(34)55-19-21-57-51)61-38-13-9-7-11-36(38)59-49)43-32(40)17-15-31-16-18-33-41(66-28-26-64-24-6-4-2)30-35-46(44(33)42(31)43)50-54(52-48(35)56-20-22-58-52)62-39-14-10-8-12-37(39)60-50/h7-22,29-30H,3-6,23-28H2,1-2H3. The molecule has 0 N–H and O–H groups in total. The van der Waals surface area contributed by atoms with E-state index in [1.165, 1.54) is 0 Å². The number of benzene rings is 8. The van der Waals surface area contributed by atoms with Gasteiger partial charge in [-0.3, -0.25) is 19.9 Å². The van der Waals surface area contributed by atoms with E-state index in [9.17, 15) is 0 Å². The highest BCUT2D eigenvalue weighted by Crippen LogP contribution is 2.49. The largest absolute Gasteiger partial charge is 0.491 e. The van der Waals surface area contributed by atoms with Crippen molar-refractivity contribution < 1.29 is 18.9 Å². The Morgan fingerprint density at radius 3 is 1.20 bits per heavy atom. The maximum atomic E-state index is 6.79. The molecule has 8 aromatic carbocycles. The highest BCUT2D eigenvalue weighted by Gasteiger charge is 2.25. The fraction of sp³-hybridized carbons (Fsp3) is 0.222. The third-order valence-electron chi connectivity index (χ3n) is 12.5. The molecule has 0 fully saturated rings. The molecule has 324 valence electrons. The second kappa shape index (κ2) is 16.8. The monoisotopic (exact) mass is 868 g/mol. The van der Waals surface area contributed by atoms with Gasteiger partial charge in [-0.2, -0.15) is 0 Å². The first-order valence-corrected chi connectivity index (χ1v) is 22.8. The summed E-state index contributed by atoms with van der Waals surface area (Å²) in [5, 5.41) is 9.12. The molecule has 0 unspecified atom stereocenters. The first-order valence-electron chi connectivity index (χ1n) is 22.8. The molecule has 0 atom stereocenters. The molecule has 0 saturated carbocycles. The van der Waals surface area contributed by atoms with E-state index in [-0.39, 0.29) is 0 Å². The Labute approximate surface area is 378 Å². The van der Waals surface area contributed by atoms with E-state index in [4.69, 9.17) is 58.8 Å². The van der Waals surface area contributed by atoms with Gasteiger partial charge in [-0.05, 0) is 72.1 Å². The van der Waals surface area contributed by atoms with Crippen LogP contribution in [-0.2, 0) is 9.47 Å². The molecule has 0 amide bonds. The van der Waals surface area contributed by atoms with Gasteiger partial charge in [-0.1, -0.05) is 63.1 Å². The van der Waals surface area contributed by atoms with Gasteiger partial charge in [0.05, 0.1) is 46.3 Å². The molecule has 0 aliphatic heterocycles. The minimum atomic E-state index is 0.360. The van der Waals surface area contributed by atoms with Crippen LogP contribution in [0.15, 0.2) is 110 Å². The smallest absolute Gasteiger partial charge is 0.127 e. The second-order valence-corrected chi connectivity index (χ2v) is 16.6. The average Bonchev–Trinajstić information content (AvgIpc) is 3.36. The van der Waals surface area contributed by atoms with Crippen molar-refractivity contribution in [3.05, 3.63) is 110 Å². The molecule has 0 aliphatic rings. The lowest BCUT2D eigenvalue weighted by atomic mass is 9.88. The molecular weight excluding hydrogens is 825 g/mol. The fourth-order valence-electron chi connectivity index (χ4n) is 9.50. The molecule has 4 heterocycles. The van der Waals surface area contributed by atoms with Crippen molar-refractivity contribution in [2.75, 3.05) is 39.6 Å². The number of hydrogen-bond acceptors (Lipinski definition) is 12. The lowest BCUT2D eigenvalue weighted by Crippen LogP contribution is -2.08. The predicted octanol–water partition coefficient (Wildman–Crippen LogP) is 11.9. The van der Waals surface area contributed by atoms with E-state index in [0.717, 1.165) is 102 Å². The van der Waals surface area contributed by atoms with E-state index in [2.05, 4.69) is 50.2 Å². The summed E-state index contributed by atoms with van der Waals surface area (Å²) in [6, 6.07) is 28.8. The van der Waals surface area contributed by atoms with Crippen molar-refractivity contribution in [1.82, 2.24) is 39.9 Å². The van der Waals surface area contributed by atoms with Gasteiger partial charge in [0.1, 0.15) is 57.8 Å². The van der Waals surface area contributed by atoms with Gasteiger partial charge in [-0.15, -0.1) is 0 Å². The van der Waals surface area contributed by atoms with Crippen LogP contribution in [0.25, 0.3) is 120 Å². The van der Waals surface area contributed by atoms with E-state index in [1.807, 2.05) is 48.5 Å². The summed E-state index contributed by atoms with van der Waals surface area (Å²) in [5.74, 6) is 1.40. The SMILES string of the molecule is CCCCOCCOc1cc2c3nccnc3c3nc4ccccc4nc3c2c2c1ccc1ccc3c(OCCOCCCC)cc4c5nccnc5c5nc6ccccc6nc5c4c3c12. The Balaban J connectivity index is 1.29. The van der Waals surface area contributed by atoms with Gasteiger partial charge in [0.15, 0.2) is 0 Å². The summed E-state index contributed by atoms with van der Waals surface area (Å²) in [7, 11) is 0. The van der Waals surface area contributed by atoms with Gasteiger partial charge >= 0.3 is 0 Å². The van der Waals surface area contributed by atoms with Crippen LogP contribution in [0.1, 0.15) is 39.5 Å². The van der Waals surface area contributed by atoms with Crippen LogP contribution >= 0.6 is 0 Å². The molecule has 12 heteroatoms. The molecule has 0 bridgehead atoms. The zero-order chi connectivity index (χ0) is 44.1. The summed E-state index contributed by atoms with van der Waals surface area (Å²) >= 11 is 0. The molecule has 4 aromatic heterocycles. The highest BCUT2D eigenvalue weighted by atomic mass is 16.5. The lowest BCUT2D eigenvalue weighted by molar-refractivity contribution is 0.0986. The molecule has 12 nitrogen and oxygen atoms in total. The molecule has 12 aromatic rings. The normalized spacial score (nSPS) is 12.2. The Morgan fingerprint density at radius 1 is 0.364 bits per heavy atom. The number of ether oxygens (including phenoxy) is 4. The first-order chi connectivity index (χ1) is 32.7. The van der Waals surface area contributed by atoms with Crippen LogP contribution in [0, 0.1) is 0 Å². The second-order valence-electron chi connectivity index (χ2n) is 16.6. The van der Waals surface area contributed by atoms with Crippen LogP contribution in [-0.4, -0.2) is 79.5 Å². The Kier molecular flexibility index (Phi) is 10.2. The minimum absolute atomic E-state index is 0.360. The van der Waals surface area contributed by atoms with Gasteiger partial charge in [0.25, 0.3) is 0 Å². The number of fused-ring (bicyclic) bond motifs is 21. The van der Waals surface area contributed by atoms with Crippen molar-refractivity contribution in [1.29, 1.82) is 0 Å². The topological polar surface area (TPSA) is 140 Å². The molecule has 0 radical (unpaired) electrons. The van der Waals surface area contributed by atoms with Crippen LogP contribution in [0.5, 0.6) is 11.5 Å². The summed E-state index contributed by atoms with van der Waals surface area (Å²) in [5.41, 5.74) is 8.60. The summed E-state index contributed by atoms with van der Waals surface area (Å²) < 4.78 is 25.6. The molecule has 0 saturated heterocycles.